The van der Waals surface area contributed by atoms with E-state index < -0.39 is 30.1 Å². The Labute approximate surface area is 363 Å². The van der Waals surface area contributed by atoms with Crippen molar-refractivity contribution in [1.29, 1.82) is 0 Å². The second-order valence-electron chi connectivity index (χ2n) is 13.4. The summed E-state index contributed by atoms with van der Waals surface area (Å²) < 4.78 is 84.1. The third kappa shape index (κ3) is 10.5. The van der Waals surface area contributed by atoms with E-state index in [1.165, 1.54) is 19.0 Å². The Balaban J connectivity index is 0.000000152. The summed E-state index contributed by atoms with van der Waals surface area (Å²) in [6, 6.07) is 35.6. The number of imidazole rings is 3. The van der Waals surface area contributed by atoms with Crippen LogP contribution in [-0.2, 0) is 47.1 Å². The summed E-state index contributed by atoms with van der Waals surface area (Å²) in [5, 5.41) is 0. The first kappa shape index (κ1) is 44.1. The SMILES string of the molecule is Cc1ccc(S(=O)(=O)Nc2cccc3nc[nH]c23)cc1.Cc1ccc(S(=O)(=O)[N-]c2cccc3[nH]cnc23)cc1.Cc1ccc(S(=O)(=O)[N-]c2cccc3[nH]cnc23)cc1.[Cu+2]. The van der Waals surface area contributed by atoms with Crippen LogP contribution in [0.2, 0.25) is 0 Å². The van der Waals surface area contributed by atoms with Crippen LogP contribution in [0, 0.1) is 20.8 Å². The van der Waals surface area contributed by atoms with Crippen LogP contribution in [0.3, 0.4) is 0 Å². The first-order valence-electron chi connectivity index (χ1n) is 18.1. The number of hydrogen-bond donors (Lipinski definition) is 4. The normalized spacial score (nSPS) is 11.5. The molecule has 0 saturated carbocycles. The van der Waals surface area contributed by atoms with Crippen LogP contribution in [0.5, 0.6) is 0 Å². The van der Waals surface area contributed by atoms with Gasteiger partial charge in [0.25, 0.3) is 10.0 Å². The zero-order chi connectivity index (χ0) is 42.5. The van der Waals surface area contributed by atoms with Crippen molar-refractivity contribution < 1.29 is 42.3 Å². The van der Waals surface area contributed by atoms with Gasteiger partial charge in [-0.2, -0.15) is 0 Å². The molecule has 3 heterocycles. The number of benzene rings is 6. The molecule has 4 N–H and O–H groups in total. The van der Waals surface area contributed by atoms with Gasteiger partial charge in [0, 0.05) is 0 Å². The van der Waals surface area contributed by atoms with Gasteiger partial charge >= 0.3 is 17.1 Å². The first-order chi connectivity index (χ1) is 28.7. The number of para-hydroxylation sites is 3. The minimum absolute atomic E-state index is 0. The molecular weight excluding hydrogens is 886 g/mol. The maximum absolute atomic E-state index is 12.3. The molecule has 61 heavy (non-hydrogen) atoms. The number of H-pyrrole nitrogens is 3. The van der Waals surface area contributed by atoms with Crippen molar-refractivity contribution in [3.05, 3.63) is 173 Å². The van der Waals surface area contributed by atoms with E-state index >= 15 is 0 Å². The van der Waals surface area contributed by atoms with E-state index in [4.69, 9.17) is 0 Å². The maximum atomic E-state index is 12.3. The monoisotopic (exact) mass is 922 g/mol. The fraction of sp³-hybridized carbons (Fsp3) is 0.0714. The average molecular weight is 924 g/mol. The van der Waals surface area contributed by atoms with Crippen LogP contribution in [-0.4, -0.2) is 55.2 Å². The summed E-state index contributed by atoms with van der Waals surface area (Å²) in [6.07, 6.45) is 4.57. The van der Waals surface area contributed by atoms with Crippen molar-refractivity contribution in [3.63, 3.8) is 0 Å². The van der Waals surface area contributed by atoms with Gasteiger partial charge in [0.1, 0.15) is 20.0 Å². The predicted molar refractivity (Wildman–Crippen MR) is 233 cm³/mol. The molecule has 6 aromatic carbocycles. The number of nitrogens with one attached hydrogen (secondary N) is 4. The minimum atomic E-state index is -3.73. The molecule has 0 bridgehead atoms. The van der Waals surface area contributed by atoms with Gasteiger partial charge in [0.2, 0.25) is 0 Å². The molecule has 0 aliphatic rings. The van der Waals surface area contributed by atoms with Crippen LogP contribution in [0.15, 0.2) is 161 Å². The Kier molecular flexibility index (Phi) is 13.3. The van der Waals surface area contributed by atoms with Crippen molar-refractivity contribution in [3.8, 4) is 0 Å². The van der Waals surface area contributed by atoms with Crippen LogP contribution >= 0.6 is 0 Å². The van der Waals surface area contributed by atoms with Gasteiger partial charge in [-0.3, -0.25) is 4.72 Å². The van der Waals surface area contributed by atoms with Crippen LogP contribution in [0.25, 0.3) is 42.5 Å². The number of aromatic amines is 3. The van der Waals surface area contributed by atoms with E-state index in [-0.39, 0.29) is 31.8 Å². The van der Waals surface area contributed by atoms with Crippen molar-refractivity contribution in [2.24, 2.45) is 0 Å². The number of aryl methyl sites for hydroxylation is 3. The smallest absolute Gasteiger partial charge is 0.571 e. The summed E-state index contributed by atoms with van der Waals surface area (Å²) in [5.74, 6) is 0. The molecule has 1 radical (unpaired) electrons. The van der Waals surface area contributed by atoms with Crippen molar-refractivity contribution in [2.45, 2.75) is 35.5 Å². The second-order valence-corrected chi connectivity index (χ2v) is 18.3. The van der Waals surface area contributed by atoms with Crippen LogP contribution < -0.4 is 4.72 Å². The summed E-state index contributed by atoms with van der Waals surface area (Å²) >= 11 is 0. The van der Waals surface area contributed by atoms with E-state index in [2.05, 4.69) is 44.1 Å². The van der Waals surface area contributed by atoms with Gasteiger partial charge in [0.15, 0.2) is 0 Å². The van der Waals surface area contributed by atoms with Gasteiger partial charge in [-0.05, 0) is 81.4 Å². The summed E-state index contributed by atoms with van der Waals surface area (Å²) in [4.78, 5) is 21.7. The molecule has 0 aliphatic carbocycles. The predicted octanol–water partition coefficient (Wildman–Crippen LogP) is 9.20. The van der Waals surface area contributed by atoms with Gasteiger partial charge in [-0.15, -0.1) is 0 Å². The van der Waals surface area contributed by atoms with Gasteiger partial charge in [-0.25, -0.2) is 40.2 Å². The van der Waals surface area contributed by atoms with Crippen LogP contribution in [0.4, 0.5) is 17.1 Å². The Bertz CT molecular complexity index is 2910. The molecule has 15 nitrogen and oxygen atoms in total. The molecule has 0 fully saturated rings. The molecule has 0 amide bonds. The van der Waals surface area contributed by atoms with Crippen LogP contribution in [0.1, 0.15) is 16.7 Å². The van der Waals surface area contributed by atoms with E-state index in [1.807, 2.05) is 39.0 Å². The zero-order valence-corrected chi connectivity index (χ0v) is 36.0. The molecular formula is C42H37CuN9O6S3. The quantitative estimate of drug-likeness (QED) is 0.101. The van der Waals surface area contributed by atoms with E-state index in [9.17, 15) is 25.3 Å². The fourth-order valence-electron chi connectivity index (χ4n) is 5.80. The van der Waals surface area contributed by atoms with Crippen molar-refractivity contribution in [2.75, 3.05) is 4.72 Å². The van der Waals surface area contributed by atoms with Crippen molar-refractivity contribution in [1.82, 2.24) is 29.9 Å². The van der Waals surface area contributed by atoms with Gasteiger partial charge in [0.05, 0.1) is 72.5 Å². The summed E-state index contributed by atoms with van der Waals surface area (Å²) in [5.41, 5.74) is 8.16. The Morgan fingerprint density at radius 3 is 1.34 bits per heavy atom. The van der Waals surface area contributed by atoms with E-state index in [0.29, 0.717) is 39.1 Å². The number of rotatable bonds is 9. The second kappa shape index (κ2) is 18.4. The fourth-order valence-corrected chi connectivity index (χ4v) is 8.86. The average Bonchev–Trinajstić information content (AvgIpc) is 4.02. The number of nitrogens with zero attached hydrogens (tertiary/aromatic N) is 5. The number of fused-ring (bicyclic) bond motifs is 3. The van der Waals surface area contributed by atoms with Crippen molar-refractivity contribution >= 4 is 80.2 Å². The molecule has 0 atom stereocenters. The molecule has 9 rings (SSSR count). The number of anilines is 1. The Morgan fingerprint density at radius 1 is 0.475 bits per heavy atom. The maximum Gasteiger partial charge on any atom is 2.00 e. The largest absolute Gasteiger partial charge is 2.00 e. The Hall–Kier alpha value is -6.50. The molecule has 0 saturated heterocycles. The number of sulfonamides is 3. The van der Waals surface area contributed by atoms with E-state index in [1.54, 1.807) is 109 Å². The standard InChI is InChI=1S/C14H13N3O2S.2C14H12N3O2S.Cu/c3*1-10-5-7-11(8-6-10)20(18,19)17-13-4-2-3-12-14(13)16-9-15-12;/h2-9,17H,1H3,(H,15,16);2*2-9H,1H3,(H,15,16);/q;2*-1;+2. The molecule has 0 aliphatic heterocycles. The molecule has 315 valence electrons. The van der Waals surface area contributed by atoms with E-state index in [0.717, 1.165) is 27.7 Å². The summed E-state index contributed by atoms with van der Waals surface area (Å²) in [7, 11) is -11.1. The molecule has 0 unspecified atom stereocenters. The topological polar surface area (TPSA) is 229 Å². The zero-order valence-electron chi connectivity index (χ0n) is 32.6. The minimum Gasteiger partial charge on any atom is -0.571 e. The first-order valence-corrected chi connectivity index (χ1v) is 22.5. The Morgan fingerprint density at radius 2 is 0.885 bits per heavy atom. The molecule has 0 spiro atoms. The molecule has 19 heteroatoms. The van der Waals surface area contributed by atoms with Gasteiger partial charge in [-0.1, -0.05) is 94.8 Å². The van der Waals surface area contributed by atoms with Gasteiger partial charge < -0.3 is 24.4 Å². The number of aromatic nitrogens is 6. The molecule has 9 aromatic rings. The molecule has 3 aromatic heterocycles. The third-order valence-electron chi connectivity index (χ3n) is 8.96. The third-order valence-corrected chi connectivity index (χ3v) is 13.0. The summed E-state index contributed by atoms with van der Waals surface area (Å²) in [6.45, 7) is 5.71. The number of hydrogen-bond acceptors (Lipinski definition) is 9.